The lowest BCUT2D eigenvalue weighted by atomic mass is 10.2. The van der Waals surface area contributed by atoms with Crippen LogP contribution in [0, 0.1) is 0 Å². The zero-order valence-electron chi connectivity index (χ0n) is 7.96. The van der Waals surface area contributed by atoms with Crippen molar-refractivity contribution in [2.45, 2.75) is 20.3 Å². The van der Waals surface area contributed by atoms with Gasteiger partial charge in [-0.05, 0) is 31.1 Å². The third kappa shape index (κ3) is 2.93. The van der Waals surface area contributed by atoms with E-state index in [4.69, 9.17) is 5.11 Å². The molecule has 2 N–H and O–H groups in total. The maximum absolute atomic E-state index is 7.00. The number of rotatable bonds is 2. The molecule has 0 amide bonds. The summed E-state index contributed by atoms with van der Waals surface area (Å²) in [6, 6.07) is 2.12. The first-order valence-electron chi connectivity index (χ1n) is 4.12. The number of aliphatic hydroxyl groups is 1. The van der Waals surface area contributed by atoms with Gasteiger partial charge in [-0.3, -0.25) is 0 Å². The molecule has 12 heavy (non-hydrogen) atoms. The lowest BCUT2D eigenvalue weighted by Crippen LogP contribution is -1.79. The zero-order chi connectivity index (χ0) is 9.40. The Bertz CT molecular complexity index is 225. The summed E-state index contributed by atoms with van der Waals surface area (Å²) in [7, 11) is 1.00. The molecular formula is C10H17NO. The van der Waals surface area contributed by atoms with Crippen LogP contribution in [0.15, 0.2) is 18.3 Å². The summed E-state index contributed by atoms with van der Waals surface area (Å²) in [6.07, 6.45) is 7.22. The maximum Gasteiger partial charge on any atom is 0.0409 e. The van der Waals surface area contributed by atoms with Gasteiger partial charge in [0.15, 0.2) is 0 Å². The molecule has 0 aliphatic carbocycles. The average molecular weight is 167 g/mol. The van der Waals surface area contributed by atoms with Gasteiger partial charge in [-0.15, -0.1) is 0 Å². The molecule has 1 rings (SSSR count). The summed E-state index contributed by atoms with van der Waals surface area (Å²) < 4.78 is 0. The number of hydrogen-bond donors (Lipinski definition) is 2. The maximum atomic E-state index is 7.00. The summed E-state index contributed by atoms with van der Waals surface area (Å²) in [5.41, 5.74) is 2.63. The topological polar surface area (TPSA) is 36.0 Å². The van der Waals surface area contributed by atoms with E-state index >= 15 is 0 Å². The highest BCUT2D eigenvalue weighted by Crippen LogP contribution is 2.08. The molecule has 1 aromatic rings. The largest absolute Gasteiger partial charge is 0.400 e. The molecule has 0 unspecified atom stereocenters. The lowest BCUT2D eigenvalue weighted by Gasteiger charge is -1.91. The Balaban J connectivity index is 0.000000561. The highest BCUT2D eigenvalue weighted by Gasteiger charge is 1.94. The van der Waals surface area contributed by atoms with Gasteiger partial charge >= 0.3 is 0 Å². The van der Waals surface area contributed by atoms with Crippen LogP contribution in [0.1, 0.15) is 25.1 Å². The van der Waals surface area contributed by atoms with Gasteiger partial charge in [0, 0.05) is 19.0 Å². The number of aryl methyl sites for hydroxylation is 1. The van der Waals surface area contributed by atoms with E-state index in [9.17, 15) is 0 Å². The normalized spacial score (nSPS) is 9.67. The second-order valence-electron chi connectivity index (χ2n) is 2.27. The predicted octanol–water partition coefficient (Wildman–Crippen LogP) is 2.22. The molecule has 68 valence electrons. The molecule has 1 aromatic heterocycles. The van der Waals surface area contributed by atoms with E-state index in [0.29, 0.717) is 0 Å². The van der Waals surface area contributed by atoms with Crippen molar-refractivity contribution in [1.82, 2.24) is 4.98 Å². The monoisotopic (exact) mass is 167 g/mol. The summed E-state index contributed by atoms with van der Waals surface area (Å²) >= 11 is 0. The number of allylic oxidation sites excluding steroid dienone is 1. The van der Waals surface area contributed by atoms with Gasteiger partial charge in [0.05, 0.1) is 0 Å². The molecule has 0 radical (unpaired) electrons. The minimum absolute atomic E-state index is 1.00. The summed E-state index contributed by atoms with van der Waals surface area (Å²) in [5.74, 6) is 0. The molecule has 1 heterocycles. The second-order valence-corrected chi connectivity index (χ2v) is 2.27. The van der Waals surface area contributed by atoms with Crippen molar-refractivity contribution in [1.29, 1.82) is 0 Å². The van der Waals surface area contributed by atoms with Crippen molar-refractivity contribution in [2.75, 3.05) is 7.11 Å². The minimum atomic E-state index is 1.00. The molecule has 0 spiro atoms. The SMILES string of the molecule is C/C=C\c1[nH]ccc1CC.CO. The van der Waals surface area contributed by atoms with Crippen LogP contribution in [0.5, 0.6) is 0 Å². The van der Waals surface area contributed by atoms with Crippen molar-refractivity contribution in [3.63, 3.8) is 0 Å². The third-order valence-electron chi connectivity index (χ3n) is 1.58. The molecule has 2 heteroatoms. The summed E-state index contributed by atoms with van der Waals surface area (Å²) in [6.45, 7) is 4.19. The second kappa shape index (κ2) is 6.68. The number of aromatic nitrogens is 1. The molecular weight excluding hydrogens is 150 g/mol. The van der Waals surface area contributed by atoms with Gasteiger partial charge in [0.2, 0.25) is 0 Å². The van der Waals surface area contributed by atoms with E-state index in [2.05, 4.69) is 24.1 Å². The van der Waals surface area contributed by atoms with Gasteiger partial charge in [0.25, 0.3) is 0 Å². The third-order valence-corrected chi connectivity index (χ3v) is 1.58. The van der Waals surface area contributed by atoms with E-state index < -0.39 is 0 Å². The minimum Gasteiger partial charge on any atom is -0.400 e. The molecule has 0 aliphatic heterocycles. The fraction of sp³-hybridized carbons (Fsp3) is 0.400. The highest BCUT2D eigenvalue weighted by atomic mass is 16.2. The molecule has 0 bridgehead atoms. The predicted molar refractivity (Wildman–Crippen MR) is 53.0 cm³/mol. The van der Waals surface area contributed by atoms with Crippen molar-refractivity contribution in [2.24, 2.45) is 0 Å². The smallest absolute Gasteiger partial charge is 0.0409 e. The molecule has 0 fully saturated rings. The summed E-state index contributed by atoms with van der Waals surface area (Å²) in [5, 5.41) is 7.00. The van der Waals surface area contributed by atoms with Crippen molar-refractivity contribution in [3.05, 3.63) is 29.6 Å². The van der Waals surface area contributed by atoms with E-state index in [1.54, 1.807) is 0 Å². The van der Waals surface area contributed by atoms with Crippen molar-refractivity contribution >= 4 is 6.08 Å². The van der Waals surface area contributed by atoms with Crippen LogP contribution in [0.2, 0.25) is 0 Å². The summed E-state index contributed by atoms with van der Waals surface area (Å²) in [4.78, 5) is 3.17. The van der Waals surface area contributed by atoms with Crippen LogP contribution in [0.4, 0.5) is 0 Å². The zero-order valence-corrected chi connectivity index (χ0v) is 7.96. The molecule has 2 nitrogen and oxygen atoms in total. The van der Waals surface area contributed by atoms with Crippen LogP contribution in [-0.2, 0) is 6.42 Å². The number of nitrogens with one attached hydrogen (secondary N) is 1. The van der Waals surface area contributed by atoms with E-state index in [1.807, 2.05) is 19.2 Å². The molecule has 0 aliphatic rings. The van der Waals surface area contributed by atoms with E-state index in [-0.39, 0.29) is 0 Å². The van der Waals surface area contributed by atoms with Gasteiger partial charge in [-0.25, -0.2) is 0 Å². The first kappa shape index (κ1) is 11.0. The Hall–Kier alpha value is -1.02. The van der Waals surface area contributed by atoms with Gasteiger partial charge < -0.3 is 10.1 Å². The van der Waals surface area contributed by atoms with Crippen LogP contribution in [-0.4, -0.2) is 17.2 Å². The lowest BCUT2D eigenvalue weighted by molar-refractivity contribution is 0.399. The number of H-pyrrole nitrogens is 1. The van der Waals surface area contributed by atoms with Gasteiger partial charge in [0.1, 0.15) is 0 Å². The van der Waals surface area contributed by atoms with Crippen molar-refractivity contribution < 1.29 is 5.11 Å². The van der Waals surface area contributed by atoms with Gasteiger partial charge in [-0.2, -0.15) is 0 Å². The van der Waals surface area contributed by atoms with Crippen LogP contribution < -0.4 is 0 Å². The molecule has 0 saturated heterocycles. The van der Waals surface area contributed by atoms with Crippen LogP contribution >= 0.6 is 0 Å². The van der Waals surface area contributed by atoms with Crippen LogP contribution in [0.3, 0.4) is 0 Å². The fourth-order valence-electron chi connectivity index (χ4n) is 1.04. The molecule has 0 aromatic carbocycles. The molecule has 0 saturated carbocycles. The fourth-order valence-corrected chi connectivity index (χ4v) is 1.04. The van der Waals surface area contributed by atoms with Crippen molar-refractivity contribution in [3.8, 4) is 0 Å². The average Bonchev–Trinajstić information content (AvgIpc) is 2.56. The standard InChI is InChI=1S/C9H13N.CH4O/c1-3-5-9-8(4-2)6-7-10-9;1-2/h3,5-7,10H,4H2,1-2H3;2H,1H3/b5-3-;. The van der Waals surface area contributed by atoms with E-state index in [0.717, 1.165) is 13.5 Å². The van der Waals surface area contributed by atoms with E-state index in [1.165, 1.54) is 11.3 Å². The highest BCUT2D eigenvalue weighted by molar-refractivity contribution is 5.49. The first-order chi connectivity index (χ1) is 5.88. The quantitative estimate of drug-likeness (QED) is 0.696. The van der Waals surface area contributed by atoms with Crippen LogP contribution in [0.25, 0.3) is 6.08 Å². The first-order valence-corrected chi connectivity index (χ1v) is 4.12. The Morgan fingerprint density at radius 1 is 1.50 bits per heavy atom. The number of hydrogen-bond acceptors (Lipinski definition) is 1. The Labute approximate surface area is 73.9 Å². The Morgan fingerprint density at radius 3 is 2.67 bits per heavy atom. The Kier molecular flexibility index (Phi) is 6.11. The number of aliphatic hydroxyl groups excluding tert-OH is 1. The molecule has 0 atom stereocenters. The number of aromatic amines is 1. The Morgan fingerprint density at radius 2 is 2.17 bits per heavy atom. The van der Waals surface area contributed by atoms with Gasteiger partial charge in [-0.1, -0.05) is 13.0 Å².